The second-order valence-electron chi connectivity index (χ2n) is 12.1. The second-order valence-corrected chi connectivity index (χ2v) is 12.1. The van der Waals surface area contributed by atoms with Crippen LogP contribution < -0.4 is 20.1 Å². The number of guanidine groups is 1. The van der Waals surface area contributed by atoms with Crippen LogP contribution in [0.15, 0.2) is 36.4 Å². The van der Waals surface area contributed by atoms with Crippen molar-refractivity contribution in [2.75, 3.05) is 6.61 Å². The maximum atomic E-state index is 13.6. The zero-order valence-electron chi connectivity index (χ0n) is 23.1. The predicted molar refractivity (Wildman–Crippen MR) is 148 cm³/mol. The Kier molecular flexibility index (Phi) is 6.31. The summed E-state index contributed by atoms with van der Waals surface area (Å²) < 4.78 is 12.2. The first-order chi connectivity index (χ1) is 18.7. The van der Waals surface area contributed by atoms with Gasteiger partial charge in [0, 0.05) is 35.1 Å². The topological polar surface area (TPSA) is 104 Å². The third-order valence-electron chi connectivity index (χ3n) is 8.86. The molecule has 5 aliphatic rings. The van der Waals surface area contributed by atoms with Crippen LogP contribution in [0, 0.1) is 5.41 Å². The summed E-state index contributed by atoms with van der Waals surface area (Å²) in [5.74, 6) is 1.41. The Morgan fingerprint density at radius 1 is 1.08 bits per heavy atom. The summed E-state index contributed by atoms with van der Waals surface area (Å²) in [5.41, 5.74) is 2.70. The van der Waals surface area contributed by atoms with E-state index in [0.29, 0.717) is 37.2 Å². The molecule has 0 radical (unpaired) electrons. The first-order valence-electron chi connectivity index (χ1n) is 14.3. The number of aryl methyl sites for hydroxylation is 1. The number of carbonyl (C=O) groups excluding carboxylic acids is 2. The van der Waals surface area contributed by atoms with Crippen molar-refractivity contribution in [1.82, 2.24) is 15.5 Å². The maximum Gasteiger partial charge on any atom is 0.251 e. The van der Waals surface area contributed by atoms with Gasteiger partial charge in [-0.3, -0.25) is 19.9 Å². The molecule has 3 atom stereocenters. The third-order valence-corrected chi connectivity index (χ3v) is 8.86. The first kappa shape index (κ1) is 25.7. The number of amides is 2. The number of hydrogen-bond acceptors (Lipinski definition) is 5. The highest BCUT2D eigenvalue weighted by atomic mass is 16.5. The standard InChI is InChI=1S/C31H38N4O4/c1-4-31-13-6-5-7-19-8-10-26-21(15-19)23(17-30(2,3)39-26)33-28(37)20-9-11-25-22(16-20)24(12-14-38-25)35(27(36)18-31)29(32)34-31/h8-11,15-16,23-24H,4-7,12-14,17-18H2,1-3H3,(H2,32,34)(H,33,37)/t23-,24+,31+/m0/s1. The Labute approximate surface area is 229 Å². The van der Waals surface area contributed by atoms with Crippen molar-refractivity contribution >= 4 is 17.8 Å². The molecule has 0 aliphatic carbocycles. The first-order valence-corrected chi connectivity index (χ1v) is 14.3. The van der Waals surface area contributed by atoms with Crippen molar-refractivity contribution < 1.29 is 19.1 Å². The van der Waals surface area contributed by atoms with Gasteiger partial charge in [0.25, 0.3) is 5.91 Å². The smallest absolute Gasteiger partial charge is 0.251 e. The molecule has 2 aromatic rings. The van der Waals surface area contributed by atoms with Crippen molar-refractivity contribution in [3.8, 4) is 11.5 Å². The van der Waals surface area contributed by atoms with E-state index < -0.39 is 11.1 Å². The van der Waals surface area contributed by atoms with E-state index >= 15 is 0 Å². The fourth-order valence-electron chi connectivity index (χ4n) is 6.73. The van der Waals surface area contributed by atoms with Gasteiger partial charge in [-0.2, -0.15) is 0 Å². The Hall–Kier alpha value is -3.55. The summed E-state index contributed by atoms with van der Waals surface area (Å²) >= 11 is 0. The fraction of sp³-hybridized carbons (Fsp3) is 0.516. The molecular weight excluding hydrogens is 492 g/mol. The molecule has 0 spiro atoms. The summed E-state index contributed by atoms with van der Waals surface area (Å²) in [6.07, 6.45) is 6.02. The zero-order chi connectivity index (χ0) is 27.4. The van der Waals surface area contributed by atoms with Crippen LogP contribution in [0.25, 0.3) is 0 Å². The van der Waals surface area contributed by atoms with Gasteiger partial charge in [0.05, 0.1) is 25.1 Å². The fourth-order valence-corrected chi connectivity index (χ4v) is 6.73. The zero-order valence-corrected chi connectivity index (χ0v) is 23.1. The van der Waals surface area contributed by atoms with Gasteiger partial charge in [-0.05, 0) is 69.4 Å². The maximum absolute atomic E-state index is 13.6. The van der Waals surface area contributed by atoms with Gasteiger partial charge in [-0.25, -0.2) is 0 Å². The van der Waals surface area contributed by atoms with Gasteiger partial charge in [-0.15, -0.1) is 0 Å². The molecule has 1 saturated heterocycles. The Balaban J connectivity index is 1.42. The molecule has 8 heteroatoms. The molecule has 0 aromatic heterocycles. The predicted octanol–water partition coefficient (Wildman–Crippen LogP) is 5.17. The second kappa shape index (κ2) is 9.57. The van der Waals surface area contributed by atoms with Crippen molar-refractivity contribution in [2.24, 2.45) is 0 Å². The van der Waals surface area contributed by atoms with E-state index in [2.05, 4.69) is 43.5 Å². The summed E-state index contributed by atoms with van der Waals surface area (Å²) in [7, 11) is 0. The molecule has 0 unspecified atom stereocenters. The molecule has 2 amide bonds. The van der Waals surface area contributed by atoms with E-state index in [0.717, 1.165) is 49.0 Å². The molecule has 8 nitrogen and oxygen atoms in total. The molecule has 39 heavy (non-hydrogen) atoms. The van der Waals surface area contributed by atoms with Crippen molar-refractivity contribution in [3.05, 3.63) is 58.7 Å². The molecule has 7 rings (SSSR count). The number of fused-ring (bicyclic) bond motifs is 6. The lowest BCUT2D eigenvalue weighted by Gasteiger charge is -2.46. The van der Waals surface area contributed by atoms with Crippen LogP contribution >= 0.6 is 0 Å². The van der Waals surface area contributed by atoms with Crippen molar-refractivity contribution in [1.29, 1.82) is 5.41 Å². The highest BCUT2D eigenvalue weighted by molar-refractivity contribution is 6.00. The minimum atomic E-state index is -0.411. The van der Waals surface area contributed by atoms with Crippen molar-refractivity contribution in [3.63, 3.8) is 0 Å². The SMILES string of the molecule is CC[C@]12CCCCc3ccc4c(c3)[C@H](CC(C)(C)O4)NC(=O)c3ccc4c(c3)[C@@H](CCO4)N(C(=N)N1)C(=O)C2. The molecule has 2 aromatic carbocycles. The Bertz CT molecular complexity index is 1320. The molecular formula is C31H38N4O4. The van der Waals surface area contributed by atoms with Crippen molar-refractivity contribution in [2.45, 2.75) is 95.4 Å². The van der Waals surface area contributed by atoms with Crippen LogP contribution in [0.1, 0.15) is 105 Å². The van der Waals surface area contributed by atoms with Crippen LogP contribution in [0.3, 0.4) is 0 Å². The highest BCUT2D eigenvalue weighted by Crippen LogP contribution is 2.42. The molecule has 5 heterocycles. The van der Waals surface area contributed by atoms with Crippen LogP contribution in [0.5, 0.6) is 11.5 Å². The summed E-state index contributed by atoms with van der Waals surface area (Å²) in [6.45, 7) is 6.65. The van der Waals surface area contributed by atoms with Crippen LogP contribution in [-0.4, -0.2) is 40.4 Å². The number of hydrogen-bond donors (Lipinski definition) is 3. The number of carbonyl (C=O) groups is 2. The number of rotatable bonds is 1. The van der Waals surface area contributed by atoms with E-state index in [4.69, 9.17) is 14.9 Å². The number of nitrogens with zero attached hydrogens (tertiary/aromatic N) is 1. The van der Waals surface area contributed by atoms with E-state index in [1.165, 1.54) is 5.56 Å². The lowest BCUT2D eigenvalue weighted by Crippen LogP contribution is -2.63. The molecule has 6 bridgehead atoms. The van der Waals surface area contributed by atoms with E-state index in [1.807, 2.05) is 18.2 Å². The summed E-state index contributed by atoms with van der Waals surface area (Å²) in [6, 6.07) is 11.2. The minimum absolute atomic E-state index is 0.0425. The molecule has 3 N–H and O–H groups in total. The van der Waals surface area contributed by atoms with Gasteiger partial charge in [-0.1, -0.05) is 25.5 Å². The van der Waals surface area contributed by atoms with Gasteiger partial charge in [0.2, 0.25) is 5.91 Å². The molecule has 206 valence electrons. The lowest BCUT2D eigenvalue weighted by atomic mass is 9.83. The number of ether oxygens (including phenoxy) is 2. The quantitative estimate of drug-likeness (QED) is 0.472. The number of nitrogens with one attached hydrogen (secondary N) is 3. The molecule has 0 saturated carbocycles. The van der Waals surface area contributed by atoms with Gasteiger partial charge >= 0.3 is 0 Å². The van der Waals surface area contributed by atoms with Crippen LogP contribution in [0.2, 0.25) is 0 Å². The monoisotopic (exact) mass is 530 g/mol. The molecule has 5 aliphatic heterocycles. The normalized spacial score (nSPS) is 27.9. The third kappa shape index (κ3) is 4.74. The van der Waals surface area contributed by atoms with Gasteiger partial charge in [0.15, 0.2) is 5.96 Å². The minimum Gasteiger partial charge on any atom is -0.493 e. The van der Waals surface area contributed by atoms with Crippen LogP contribution in [0.4, 0.5) is 0 Å². The van der Waals surface area contributed by atoms with E-state index in [9.17, 15) is 9.59 Å². The molecule has 1 fully saturated rings. The Morgan fingerprint density at radius 3 is 2.69 bits per heavy atom. The summed E-state index contributed by atoms with van der Waals surface area (Å²) in [4.78, 5) is 28.8. The van der Waals surface area contributed by atoms with Gasteiger partial charge < -0.3 is 20.1 Å². The lowest BCUT2D eigenvalue weighted by molar-refractivity contribution is -0.133. The summed E-state index contributed by atoms with van der Waals surface area (Å²) in [5, 5.41) is 15.6. The Morgan fingerprint density at radius 2 is 1.90 bits per heavy atom. The van der Waals surface area contributed by atoms with Crippen LogP contribution in [-0.2, 0) is 11.2 Å². The average molecular weight is 531 g/mol. The average Bonchev–Trinajstić information content (AvgIpc) is 2.90. The largest absolute Gasteiger partial charge is 0.493 e. The van der Waals surface area contributed by atoms with E-state index in [1.54, 1.807) is 11.0 Å². The number of benzene rings is 2. The highest BCUT2D eigenvalue weighted by Gasteiger charge is 2.44. The van der Waals surface area contributed by atoms with E-state index in [-0.39, 0.29) is 29.9 Å². The van der Waals surface area contributed by atoms with Gasteiger partial charge in [0.1, 0.15) is 17.1 Å².